The fourth-order valence-corrected chi connectivity index (χ4v) is 0.705. The molecule has 1 aromatic heterocycles. The highest BCUT2D eigenvalue weighted by Gasteiger charge is 2.11. The first-order chi connectivity index (χ1) is 6.11. The molecule has 1 heterocycles. The van der Waals surface area contributed by atoms with Crippen LogP contribution in [-0.4, -0.2) is 21.8 Å². The van der Waals surface area contributed by atoms with Crippen LogP contribution < -0.4 is 16.8 Å². The molecule has 0 aliphatic heterocycles. The lowest BCUT2D eigenvalue weighted by atomic mass is 10.4. The summed E-state index contributed by atoms with van der Waals surface area (Å²) in [6.45, 7) is 0. The van der Waals surface area contributed by atoms with Gasteiger partial charge in [-0.15, -0.1) is 0 Å². The molecule has 1 rings (SSSR count). The van der Waals surface area contributed by atoms with Crippen molar-refractivity contribution in [2.24, 2.45) is 5.73 Å². The summed E-state index contributed by atoms with van der Waals surface area (Å²) < 4.78 is 0. The summed E-state index contributed by atoms with van der Waals surface area (Å²) in [5.74, 6) is -1.10. The van der Waals surface area contributed by atoms with E-state index in [2.05, 4.69) is 9.97 Å². The van der Waals surface area contributed by atoms with Gasteiger partial charge in [0.15, 0.2) is 17.5 Å². The molecule has 0 spiro atoms. The van der Waals surface area contributed by atoms with Crippen molar-refractivity contribution >= 4 is 17.7 Å². The molecular weight excluding hydrogens is 172 g/mol. The molecule has 7 heteroatoms. The van der Waals surface area contributed by atoms with Crippen LogP contribution in [0.25, 0.3) is 0 Å². The number of amides is 1. The Kier molecular flexibility index (Phi) is 2.38. The fraction of sp³-hybridized carbons (Fsp3) is 0. The Balaban J connectivity index is 2.89. The average Bonchev–Trinajstić information content (AvgIpc) is 2.03. The zero-order valence-corrected chi connectivity index (χ0v) is 6.61. The van der Waals surface area contributed by atoms with Gasteiger partial charge >= 0.3 is 0 Å². The van der Waals surface area contributed by atoms with Gasteiger partial charge in [0.1, 0.15) is 0 Å². The second-order valence-corrected chi connectivity index (χ2v) is 2.16. The zero-order valence-electron chi connectivity index (χ0n) is 6.61. The second kappa shape index (κ2) is 3.48. The maximum atomic E-state index is 11.2. The number of rotatable bonds is 1. The first kappa shape index (κ1) is 8.91. The van der Waals surface area contributed by atoms with Crippen molar-refractivity contribution in [3.05, 3.63) is 18.1 Å². The summed E-state index contributed by atoms with van der Waals surface area (Å²) in [4.78, 5) is 18.5. The molecule has 1 aromatic rings. The SMILES string of the molecule is N=C(N)NC(=O)c1nccnc1N. The smallest absolute Gasteiger partial charge is 0.280 e. The predicted octanol–water partition coefficient (Wildman–Crippen LogP) is -1.32. The normalized spacial score (nSPS) is 9.23. The number of guanidine groups is 1. The number of nitrogens with one attached hydrogen (secondary N) is 2. The summed E-state index contributed by atoms with van der Waals surface area (Å²) in [6, 6.07) is 0. The zero-order chi connectivity index (χ0) is 9.84. The third-order valence-electron chi connectivity index (χ3n) is 1.19. The van der Waals surface area contributed by atoms with Crippen molar-refractivity contribution in [2.45, 2.75) is 0 Å². The summed E-state index contributed by atoms with van der Waals surface area (Å²) in [6.07, 6.45) is 2.69. The van der Waals surface area contributed by atoms with Gasteiger partial charge in [0, 0.05) is 12.4 Å². The lowest BCUT2D eigenvalue weighted by Crippen LogP contribution is -2.36. The van der Waals surface area contributed by atoms with Crippen molar-refractivity contribution in [2.75, 3.05) is 5.73 Å². The topological polar surface area (TPSA) is 131 Å². The van der Waals surface area contributed by atoms with E-state index in [9.17, 15) is 4.79 Å². The maximum absolute atomic E-state index is 11.2. The van der Waals surface area contributed by atoms with Crippen LogP contribution in [0.5, 0.6) is 0 Å². The van der Waals surface area contributed by atoms with E-state index in [-0.39, 0.29) is 11.5 Å². The van der Waals surface area contributed by atoms with Crippen molar-refractivity contribution in [1.82, 2.24) is 15.3 Å². The summed E-state index contributed by atoms with van der Waals surface area (Å²) in [7, 11) is 0. The van der Waals surface area contributed by atoms with Gasteiger partial charge in [-0.1, -0.05) is 0 Å². The predicted molar refractivity (Wildman–Crippen MR) is 45.8 cm³/mol. The molecule has 0 atom stereocenters. The summed E-state index contributed by atoms with van der Waals surface area (Å²) in [5, 5.41) is 8.84. The van der Waals surface area contributed by atoms with E-state index >= 15 is 0 Å². The van der Waals surface area contributed by atoms with Crippen molar-refractivity contribution in [1.29, 1.82) is 5.41 Å². The van der Waals surface area contributed by atoms with Crippen molar-refractivity contribution in [3.63, 3.8) is 0 Å². The van der Waals surface area contributed by atoms with Gasteiger partial charge in [0.2, 0.25) is 0 Å². The number of nitrogens with zero attached hydrogens (tertiary/aromatic N) is 2. The minimum Gasteiger partial charge on any atom is -0.382 e. The van der Waals surface area contributed by atoms with Crippen LogP contribution in [0.4, 0.5) is 5.82 Å². The van der Waals surface area contributed by atoms with E-state index in [0.717, 1.165) is 0 Å². The van der Waals surface area contributed by atoms with Gasteiger partial charge in [0.05, 0.1) is 0 Å². The van der Waals surface area contributed by atoms with E-state index < -0.39 is 11.9 Å². The largest absolute Gasteiger partial charge is 0.382 e. The van der Waals surface area contributed by atoms with Gasteiger partial charge in [-0.2, -0.15) is 0 Å². The number of carbonyl (C=O) groups excluding carboxylic acids is 1. The molecule has 0 bridgehead atoms. The quantitative estimate of drug-likeness (QED) is 0.314. The molecule has 0 saturated heterocycles. The molecule has 13 heavy (non-hydrogen) atoms. The van der Waals surface area contributed by atoms with Gasteiger partial charge in [-0.25, -0.2) is 9.97 Å². The molecule has 68 valence electrons. The van der Waals surface area contributed by atoms with E-state index in [1.165, 1.54) is 12.4 Å². The van der Waals surface area contributed by atoms with E-state index in [1.807, 2.05) is 5.32 Å². The number of hydrogen-bond donors (Lipinski definition) is 4. The van der Waals surface area contributed by atoms with Crippen LogP contribution in [0.1, 0.15) is 10.5 Å². The molecule has 0 fully saturated rings. The van der Waals surface area contributed by atoms with Crippen LogP contribution in [-0.2, 0) is 0 Å². The standard InChI is InChI=1S/C6H8N6O/c7-4-3(10-1-2-11-4)5(13)12-6(8)9/h1-2H,(H2,7,11)(H4,8,9,12,13). The number of anilines is 1. The Morgan fingerprint density at radius 3 is 2.62 bits per heavy atom. The fourth-order valence-electron chi connectivity index (χ4n) is 0.705. The molecule has 0 aromatic carbocycles. The van der Waals surface area contributed by atoms with Crippen LogP contribution in [0, 0.1) is 5.41 Å². The monoisotopic (exact) mass is 180 g/mol. The highest BCUT2D eigenvalue weighted by molar-refractivity contribution is 6.05. The Hall–Kier alpha value is -2.18. The molecular formula is C6H8N6O. The van der Waals surface area contributed by atoms with Crippen LogP contribution in [0.15, 0.2) is 12.4 Å². The van der Waals surface area contributed by atoms with Gasteiger partial charge in [-0.3, -0.25) is 15.5 Å². The molecule has 6 N–H and O–H groups in total. The highest BCUT2D eigenvalue weighted by atomic mass is 16.2. The van der Waals surface area contributed by atoms with Crippen LogP contribution >= 0.6 is 0 Å². The summed E-state index contributed by atoms with van der Waals surface area (Å²) in [5.41, 5.74) is 10.3. The maximum Gasteiger partial charge on any atom is 0.280 e. The van der Waals surface area contributed by atoms with Gasteiger partial charge < -0.3 is 11.5 Å². The minimum absolute atomic E-state index is 0.00116. The Bertz CT molecular complexity index is 349. The molecule has 0 radical (unpaired) electrons. The minimum atomic E-state index is -0.641. The third-order valence-corrected chi connectivity index (χ3v) is 1.19. The molecule has 0 aliphatic rings. The Labute approximate surface area is 73.7 Å². The molecule has 1 amide bonds. The highest BCUT2D eigenvalue weighted by Crippen LogP contribution is 2.01. The summed E-state index contributed by atoms with van der Waals surface area (Å²) >= 11 is 0. The van der Waals surface area contributed by atoms with Crippen molar-refractivity contribution < 1.29 is 4.79 Å². The first-order valence-corrected chi connectivity index (χ1v) is 3.33. The van der Waals surface area contributed by atoms with E-state index in [0.29, 0.717) is 0 Å². The average molecular weight is 180 g/mol. The molecule has 7 nitrogen and oxygen atoms in total. The lowest BCUT2D eigenvalue weighted by molar-refractivity contribution is 0.0972. The van der Waals surface area contributed by atoms with Crippen molar-refractivity contribution in [3.8, 4) is 0 Å². The molecule has 0 saturated carbocycles. The van der Waals surface area contributed by atoms with Gasteiger partial charge in [-0.05, 0) is 0 Å². The number of aromatic nitrogens is 2. The first-order valence-electron chi connectivity index (χ1n) is 3.33. The number of nitrogen functional groups attached to an aromatic ring is 1. The third kappa shape index (κ3) is 2.12. The second-order valence-electron chi connectivity index (χ2n) is 2.16. The van der Waals surface area contributed by atoms with Gasteiger partial charge in [0.25, 0.3) is 5.91 Å². The number of carbonyl (C=O) groups is 1. The number of hydrogen-bond acceptors (Lipinski definition) is 5. The van der Waals surface area contributed by atoms with E-state index in [1.54, 1.807) is 0 Å². The Morgan fingerprint density at radius 2 is 2.08 bits per heavy atom. The lowest BCUT2D eigenvalue weighted by Gasteiger charge is -2.02. The molecule has 0 unspecified atom stereocenters. The van der Waals surface area contributed by atoms with Crippen LogP contribution in [0.3, 0.4) is 0 Å². The Morgan fingerprint density at radius 1 is 1.46 bits per heavy atom. The van der Waals surface area contributed by atoms with E-state index in [4.69, 9.17) is 16.9 Å². The molecule has 0 aliphatic carbocycles. The van der Waals surface area contributed by atoms with Crippen LogP contribution in [0.2, 0.25) is 0 Å². The number of nitrogens with two attached hydrogens (primary N) is 2.